The zero-order valence-corrected chi connectivity index (χ0v) is 37.1. The highest BCUT2D eigenvalue weighted by Gasteiger charge is 2.25. The number of carboxylic acid groups (broad SMARTS) is 1. The number of hydrogen-bond acceptors (Lipinski definition) is 7. The number of hydrogen-bond donors (Lipinski definition) is 0. The number of carboxylic acids is 1. The average molecular weight is 790 g/mol. The molecule has 8 nitrogen and oxygen atoms in total. The van der Waals surface area contributed by atoms with E-state index in [4.69, 9.17) is 14.2 Å². The van der Waals surface area contributed by atoms with Gasteiger partial charge in [-0.1, -0.05) is 153 Å². The molecule has 56 heavy (non-hydrogen) atoms. The van der Waals surface area contributed by atoms with Crippen LogP contribution in [0, 0.1) is 0 Å². The van der Waals surface area contributed by atoms with Gasteiger partial charge in [0.1, 0.15) is 12.6 Å². The first kappa shape index (κ1) is 53.6. The molecule has 0 heterocycles. The molecule has 0 saturated heterocycles. The molecule has 2 unspecified atom stereocenters. The Kier molecular flexibility index (Phi) is 37.7. The fraction of sp³-hybridized carbons (Fsp3) is 0.812. The van der Waals surface area contributed by atoms with Crippen molar-refractivity contribution in [2.75, 3.05) is 41.0 Å². The van der Waals surface area contributed by atoms with E-state index in [1.807, 2.05) is 0 Å². The van der Waals surface area contributed by atoms with Crippen molar-refractivity contribution < 1.29 is 38.2 Å². The monoisotopic (exact) mass is 790 g/mol. The van der Waals surface area contributed by atoms with Crippen LogP contribution in [-0.4, -0.2) is 75.5 Å². The molecular weight excluding hydrogens is 703 g/mol. The zero-order chi connectivity index (χ0) is 41.4. The van der Waals surface area contributed by atoms with Crippen LogP contribution in [0.2, 0.25) is 0 Å². The maximum absolute atomic E-state index is 12.7. The second-order valence-corrected chi connectivity index (χ2v) is 16.6. The lowest BCUT2D eigenvalue weighted by molar-refractivity contribution is -0.889. The first-order chi connectivity index (χ1) is 27.1. The van der Waals surface area contributed by atoms with Crippen molar-refractivity contribution >= 4 is 17.9 Å². The van der Waals surface area contributed by atoms with E-state index in [9.17, 15) is 19.5 Å². The van der Waals surface area contributed by atoms with Crippen LogP contribution in [0.1, 0.15) is 200 Å². The van der Waals surface area contributed by atoms with Gasteiger partial charge in [-0.3, -0.25) is 9.59 Å². The van der Waals surface area contributed by atoms with Crippen LogP contribution in [0.3, 0.4) is 0 Å². The molecule has 8 heteroatoms. The van der Waals surface area contributed by atoms with E-state index in [0.717, 1.165) is 70.6 Å². The van der Waals surface area contributed by atoms with Crippen molar-refractivity contribution in [3.63, 3.8) is 0 Å². The number of quaternary nitrogens is 1. The summed E-state index contributed by atoms with van der Waals surface area (Å²) in [6.07, 6.45) is 44.5. The van der Waals surface area contributed by atoms with E-state index in [2.05, 4.69) is 50.3 Å². The zero-order valence-electron chi connectivity index (χ0n) is 37.1. The highest BCUT2D eigenvalue weighted by Crippen LogP contribution is 2.14. The quantitative estimate of drug-likeness (QED) is 0.0263. The normalized spacial score (nSPS) is 13.2. The third-order valence-corrected chi connectivity index (χ3v) is 10.3. The average Bonchev–Trinajstić information content (AvgIpc) is 3.15. The number of rotatable bonds is 41. The summed E-state index contributed by atoms with van der Waals surface area (Å²) in [6.45, 7) is 4.55. The van der Waals surface area contributed by atoms with Gasteiger partial charge >= 0.3 is 11.9 Å². The Morgan fingerprint density at radius 3 is 1.48 bits per heavy atom. The number of allylic oxidation sites excluding steroid dienone is 6. The lowest BCUT2D eigenvalue weighted by Crippen LogP contribution is -2.55. The molecule has 0 fully saturated rings. The topological polar surface area (TPSA) is 102 Å². The van der Waals surface area contributed by atoms with Crippen molar-refractivity contribution in [2.24, 2.45) is 0 Å². The van der Waals surface area contributed by atoms with E-state index in [1.165, 1.54) is 96.3 Å². The second-order valence-electron chi connectivity index (χ2n) is 16.6. The van der Waals surface area contributed by atoms with Crippen LogP contribution in [0.5, 0.6) is 0 Å². The molecule has 0 aliphatic rings. The van der Waals surface area contributed by atoms with Gasteiger partial charge in [0.2, 0.25) is 0 Å². The molecule has 0 saturated carbocycles. The Morgan fingerprint density at radius 1 is 0.554 bits per heavy atom. The Hall–Kier alpha value is -2.45. The van der Waals surface area contributed by atoms with Crippen LogP contribution in [0.25, 0.3) is 0 Å². The molecule has 0 rings (SSSR count). The number of ether oxygens (including phenoxy) is 3. The molecule has 0 aromatic heterocycles. The molecule has 0 aliphatic heterocycles. The van der Waals surface area contributed by atoms with Gasteiger partial charge in [0.25, 0.3) is 0 Å². The summed E-state index contributed by atoms with van der Waals surface area (Å²) in [5.74, 6) is -1.75. The number of esters is 2. The van der Waals surface area contributed by atoms with Gasteiger partial charge in [-0.2, -0.15) is 0 Å². The Labute approximate surface area is 344 Å². The molecule has 0 spiro atoms. The summed E-state index contributed by atoms with van der Waals surface area (Å²) < 4.78 is 17.2. The van der Waals surface area contributed by atoms with Gasteiger partial charge in [-0.05, 0) is 64.2 Å². The fourth-order valence-electron chi connectivity index (χ4n) is 6.69. The number of carbonyl (C=O) groups is 3. The van der Waals surface area contributed by atoms with Crippen molar-refractivity contribution in [1.82, 2.24) is 0 Å². The molecule has 0 bridgehead atoms. The first-order valence-corrected chi connectivity index (χ1v) is 23.0. The smallest absolute Gasteiger partial charge is 0.306 e. The molecule has 326 valence electrons. The third kappa shape index (κ3) is 37.1. The Bertz CT molecular complexity index is 1020. The number of carbonyl (C=O) groups excluding carboxylic acids is 3. The lowest BCUT2D eigenvalue weighted by Gasteiger charge is -2.34. The first-order valence-electron chi connectivity index (χ1n) is 23.0. The summed E-state index contributed by atoms with van der Waals surface area (Å²) in [4.78, 5) is 36.9. The largest absolute Gasteiger partial charge is 0.544 e. The molecule has 0 aromatic rings. The summed E-state index contributed by atoms with van der Waals surface area (Å²) >= 11 is 0. The van der Waals surface area contributed by atoms with Crippen molar-refractivity contribution in [3.05, 3.63) is 36.5 Å². The van der Waals surface area contributed by atoms with Crippen molar-refractivity contribution in [1.29, 1.82) is 0 Å². The number of likely N-dealkylation sites (N-methyl/N-ethyl adjacent to an activating group) is 1. The van der Waals surface area contributed by atoms with Gasteiger partial charge in [-0.25, -0.2) is 0 Å². The standard InChI is InChI=1S/C48H87NO7/c1-6-8-10-12-14-16-18-20-22-23-24-25-27-29-31-33-35-37-39-47(51)56-44(42-54-41-40-45(48(52)53)49(3,4)5)43-55-46(50)38-36-34-32-30-28-26-21-19-17-15-13-11-9-7-2/h9,11,15,17,24-25,44-45H,6-8,10,12-14,16,18-23,26-43H2,1-5H3/b11-9+,17-15+,25-24+. The second kappa shape index (κ2) is 39.4. The van der Waals surface area contributed by atoms with E-state index in [0.29, 0.717) is 12.8 Å². The Morgan fingerprint density at radius 2 is 1.00 bits per heavy atom. The molecule has 0 aliphatic carbocycles. The van der Waals surface area contributed by atoms with E-state index in [1.54, 1.807) is 21.1 Å². The van der Waals surface area contributed by atoms with Crippen molar-refractivity contribution in [2.45, 2.75) is 212 Å². The van der Waals surface area contributed by atoms with Crippen molar-refractivity contribution in [3.8, 4) is 0 Å². The Balaban J connectivity index is 4.32. The summed E-state index contributed by atoms with van der Waals surface area (Å²) in [5.41, 5.74) is 0. The van der Waals surface area contributed by atoms with Crippen LogP contribution >= 0.6 is 0 Å². The highest BCUT2D eigenvalue weighted by atomic mass is 16.6. The lowest BCUT2D eigenvalue weighted by atomic mass is 10.1. The van der Waals surface area contributed by atoms with Gasteiger partial charge < -0.3 is 28.6 Å². The van der Waals surface area contributed by atoms with Gasteiger partial charge in [0.15, 0.2) is 6.10 Å². The minimum absolute atomic E-state index is 0.0360. The van der Waals surface area contributed by atoms with Crippen LogP contribution in [0.4, 0.5) is 0 Å². The maximum atomic E-state index is 12.7. The summed E-state index contributed by atoms with van der Waals surface area (Å²) in [5, 5.41) is 11.6. The van der Waals surface area contributed by atoms with Crippen LogP contribution in [-0.2, 0) is 28.6 Å². The summed E-state index contributed by atoms with van der Waals surface area (Å²) in [7, 11) is 5.40. The van der Waals surface area contributed by atoms with E-state index in [-0.39, 0.29) is 42.7 Å². The van der Waals surface area contributed by atoms with Gasteiger partial charge in [0, 0.05) is 19.3 Å². The predicted molar refractivity (Wildman–Crippen MR) is 231 cm³/mol. The molecule has 0 N–H and O–H groups in total. The van der Waals surface area contributed by atoms with E-state index < -0.39 is 18.1 Å². The van der Waals surface area contributed by atoms with Gasteiger partial charge in [0.05, 0.1) is 40.3 Å². The molecule has 2 atom stereocenters. The van der Waals surface area contributed by atoms with Crippen LogP contribution < -0.4 is 5.11 Å². The fourth-order valence-corrected chi connectivity index (χ4v) is 6.69. The van der Waals surface area contributed by atoms with Gasteiger partial charge in [-0.15, -0.1) is 0 Å². The molecule has 0 aromatic carbocycles. The van der Waals surface area contributed by atoms with Crippen LogP contribution in [0.15, 0.2) is 36.5 Å². The summed E-state index contributed by atoms with van der Waals surface area (Å²) in [6, 6.07) is -0.727. The maximum Gasteiger partial charge on any atom is 0.306 e. The number of aliphatic carboxylic acids is 1. The van der Waals surface area contributed by atoms with E-state index >= 15 is 0 Å². The predicted octanol–water partition coefficient (Wildman–Crippen LogP) is 11.3. The number of unbranched alkanes of at least 4 members (excludes halogenated alkanes) is 21. The SMILES string of the molecule is CC/C=C/C/C=C/CCCCCCCCCC(=O)OCC(COCCC(C(=O)[O-])[N+](C)(C)C)OC(=O)CCCCCCC/C=C/CCCCCCCCCCC. The minimum atomic E-state index is -1.13. The molecular formula is C48H87NO7. The minimum Gasteiger partial charge on any atom is -0.544 e. The highest BCUT2D eigenvalue weighted by molar-refractivity contribution is 5.70. The third-order valence-electron chi connectivity index (χ3n) is 10.3. The number of nitrogens with zero attached hydrogens (tertiary/aromatic N) is 1. The molecule has 0 amide bonds. The molecule has 0 radical (unpaired) electrons.